The lowest BCUT2D eigenvalue weighted by Crippen LogP contribution is -2.22. The molecule has 0 unspecified atom stereocenters. The molecule has 0 aromatic carbocycles. The first-order valence-corrected chi connectivity index (χ1v) is 8.34. The van der Waals surface area contributed by atoms with Gasteiger partial charge in [-0.1, -0.05) is 0 Å². The van der Waals surface area contributed by atoms with Gasteiger partial charge in [0.25, 0.3) is 0 Å². The van der Waals surface area contributed by atoms with Crippen molar-refractivity contribution in [3.8, 4) is 0 Å². The first-order valence-electron chi connectivity index (χ1n) is 6.65. The van der Waals surface area contributed by atoms with E-state index in [1.165, 1.54) is 15.1 Å². The number of aromatic nitrogens is 2. The van der Waals surface area contributed by atoms with Crippen LogP contribution in [0.1, 0.15) is 41.4 Å². The molecule has 1 N–H and O–H groups in total. The summed E-state index contributed by atoms with van der Waals surface area (Å²) < 4.78 is 1.24. The van der Waals surface area contributed by atoms with Gasteiger partial charge in [0.15, 0.2) is 0 Å². The highest BCUT2D eigenvalue weighted by Crippen LogP contribution is 2.25. The minimum Gasteiger partial charge on any atom is -0.301 e. The van der Waals surface area contributed by atoms with Crippen molar-refractivity contribution < 1.29 is 0 Å². The van der Waals surface area contributed by atoms with Crippen LogP contribution in [0.25, 0.3) is 10.2 Å². The maximum absolute atomic E-state index is 4.50. The van der Waals surface area contributed by atoms with E-state index in [1.54, 1.807) is 22.7 Å². The lowest BCUT2D eigenvalue weighted by atomic mass is 10.1. The van der Waals surface area contributed by atoms with Crippen LogP contribution in [0.15, 0.2) is 29.9 Å². The molecule has 3 nitrogen and oxygen atoms in total. The quantitative estimate of drug-likeness (QED) is 0.772. The van der Waals surface area contributed by atoms with Crippen molar-refractivity contribution in [3.63, 3.8) is 0 Å². The largest absolute Gasteiger partial charge is 0.301 e. The Morgan fingerprint density at radius 3 is 2.75 bits per heavy atom. The summed E-state index contributed by atoms with van der Waals surface area (Å²) in [7, 11) is 0. The maximum Gasteiger partial charge on any atom is 0.109 e. The van der Waals surface area contributed by atoms with E-state index in [9.17, 15) is 0 Å². The molecular formula is C15H17N3S2. The molecule has 0 saturated heterocycles. The van der Waals surface area contributed by atoms with Crippen LogP contribution in [0.2, 0.25) is 0 Å². The van der Waals surface area contributed by atoms with Gasteiger partial charge in [-0.25, -0.2) is 4.98 Å². The summed E-state index contributed by atoms with van der Waals surface area (Å²) in [6.45, 7) is 6.42. The van der Waals surface area contributed by atoms with Gasteiger partial charge in [0.05, 0.1) is 16.3 Å². The van der Waals surface area contributed by atoms with Gasteiger partial charge in [0.2, 0.25) is 0 Å². The Hall–Kier alpha value is -1.30. The molecule has 0 fully saturated rings. The van der Waals surface area contributed by atoms with Gasteiger partial charge in [-0.05, 0) is 43.8 Å². The van der Waals surface area contributed by atoms with Crippen molar-refractivity contribution in [2.45, 2.75) is 32.9 Å². The fourth-order valence-corrected chi connectivity index (χ4v) is 3.79. The van der Waals surface area contributed by atoms with Gasteiger partial charge in [-0.2, -0.15) is 0 Å². The average molecular weight is 303 g/mol. The number of thiazole rings is 1. The lowest BCUT2D eigenvalue weighted by molar-refractivity contribution is 0.492. The van der Waals surface area contributed by atoms with Crippen molar-refractivity contribution in [2.75, 3.05) is 0 Å². The molecule has 0 spiro atoms. The van der Waals surface area contributed by atoms with Crippen LogP contribution < -0.4 is 5.32 Å². The van der Waals surface area contributed by atoms with Crippen molar-refractivity contribution in [3.05, 3.63) is 45.4 Å². The summed E-state index contributed by atoms with van der Waals surface area (Å²) in [5.74, 6) is 0. The van der Waals surface area contributed by atoms with Gasteiger partial charge >= 0.3 is 0 Å². The number of aryl methyl sites for hydroxylation is 1. The Labute approximate surface area is 126 Å². The number of fused-ring (bicyclic) bond motifs is 1. The second-order valence-corrected chi connectivity index (χ2v) is 7.21. The molecular weight excluding hydrogens is 286 g/mol. The summed E-state index contributed by atoms with van der Waals surface area (Å²) in [6, 6.07) is 4.80. The Morgan fingerprint density at radius 1 is 1.15 bits per heavy atom. The summed E-state index contributed by atoms with van der Waals surface area (Å²) in [5, 5.41) is 6.82. The number of nitrogens with one attached hydrogen (secondary N) is 1. The molecule has 0 aliphatic carbocycles. The second kappa shape index (κ2) is 5.60. The van der Waals surface area contributed by atoms with Crippen LogP contribution in [0.3, 0.4) is 0 Å². The zero-order valence-corrected chi connectivity index (χ0v) is 13.4. The van der Waals surface area contributed by atoms with E-state index in [4.69, 9.17) is 0 Å². The normalized spacial score (nSPS) is 14.6. The minimum atomic E-state index is 0.253. The molecule has 3 aromatic rings. The number of rotatable bonds is 4. The fourth-order valence-electron chi connectivity index (χ4n) is 2.21. The molecule has 0 radical (unpaired) electrons. The second-order valence-electron chi connectivity index (χ2n) is 4.99. The monoisotopic (exact) mass is 303 g/mol. The smallest absolute Gasteiger partial charge is 0.109 e. The highest BCUT2D eigenvalue weighted by atomic mass is 32.1. The number of hydrogen-bond donors (Lipinski definition) is 1. The maximum atomic E-state index is 4.50. The zero-order valence-electron chi connectivity index (χ0n) is 11.8. The molecule has 104 valence electrons. The molecule has 3 rings (SSSR count). The molecule has 5 heteroatoms. The standard InChI is InChI=1S/C15H17N3S2/c1-9-7-17-15(20-9)11(3)18-10(2)12-6-14-13(16-8-12)4-5-19-14/h4-8,10-11,18H,1-3H3/t10-,11-/m1/s1. The van der Waals surface area contributed by atoms with E-state index >= 15 is 0 Å². The Balaban J connectivity index is 1.76. The molecule has 0 aliphatic rings. The molecule has 2 atom stereocenters. The molecule has 3 aromatic heterocycles. The van der Waals surface area contributed by atoms with Crippen molar-refractivity contribution in [1.82, 2.24) is 15.3 Å². The highest BCUT2D eigenvalue weighted by molar-refractivity contribution is 7.17. The van der Waals surface area contributed by atoms with Crippen LogP contribution >= 0.6 is 22.7 Å². The van der Waals surface area contributed by atoms with E-state index in [0.717, 1.165) is 10.5 Å². The molecule has 0 aliphatic heterocycles. The SMILES string of the molecule is Cc1cnc([C@@H](C)N[C@H](C)c2cnc3ccsc3c2)s1. The van der Waals surface area contributed by atoms with Gasteiger partial charge < -0.3 is 5.32 Å². The number of hydrogen-bond acceptors (Lipinski definition) is 5. The zero-order chi connectivity index (χ0) is 14.1. The molecule has 20 heavy (non-hydrogen) atoms. The number of thiophene rings is 1. The van der Waals surface area contributed by atoms with E-state index < -0.39 is 0 Å². The van der Waals surface area contributed by atoms with Crippen LogP contribution in [0.5, 0.6) is 0 Å². The van der Waals surface area contributed by atoms with Gasteiger partial charge in [-0.3, -0.25) is 4.98 Å². The number of pyridine rings is 1. The van der Waals surface area contributed by atoms with Crippen LogP contribution in [0, 0.1) is 6.92 Å². The Kier molecular flexibility index (Phi) is 3.83. The van der Waals surface area contributed by atoms with Crippen molar-refractivity contribution >= 4 is 32.9 Å². The third kappa shape index (κ3) is 2.75. The summed E-state index contributed by atoms with van der Waals surface area (Å²) >= 11 is 3.49. The first kappa shape index (κ1) is 13.7. The van der Waals surface area contributed by atoms with Crippen molar-refractivity contribution in [2.24, 2.45) is 0 Å². The summed E-state index contributed by atoms with van der Waals surface area (Å²) in [4.78, 5) is 10.2. The highest BCUT2D eigenvalue weighted by Gasteiger charge is 2.14. The molecule has 0 amide bonds. The van der Waals surface area contributed by atoms with Crippen molar-refractivity contribution in [1.29, 1.82) is 0 Å². The van der Waals surface area contributed by atoms with Gasteiger partial charge in [0, 0.05) is 23.3 Å². The van der Waals surface area contributed by atoms with E-state index in [2.05, 4.69) is 53.6 Å². The Bertz CT molecular complexity index is 717. The topological polar surface area (TPSA) is 37.8 Å². The van der Waals surface area contributed by atoms with Crippen LogP contribution in [-0.4, -0.2) is 9.97 Å². The predicted octanol–water partition coefficient (Wildman–Crippen LogP) is 4.47. The van der Waals surface area contributed by atoms with E-state index in [1.807, 2.05) is 12.4 Å². The van der Waals surface area contributed by atoms with E-state index in [-0.39, 0.29) is 12.1 Å². The predicted molar refractivity (Wildman–Crippen MR) is 86.4 cm³/mol. The summed E-state index contributed by atoms with van der Waals surface area (Å²) in [6.07, 6.45) is 3.90. The first-order chi connectivity index (χ1) is 9.63. The molecule has 0 saturated carbocycles. The number of nitrogens with zero attached hydrogens (tertiary/aromatic N) is 2. The summed E-state index contributed by atoms with van der Waals surface area (Å²) in [5.41, 5.74) is 2.30. The Morgan fingerprint density at radius 2 is 2.00 bits per heavy atom. The van der Waals surface area contributed by atoms with Crippen LogP contribution in [-0.2, 0) is 0 Å². The van der Waals surface area contributed by atoms with E-state index in [0.29, 0.717) is 0 Å². The van der Waals surface area contributed by atoms with Gasteiger partial charge in [-0.15, -0.1) is 22.7 Å². The van der Waals surface area contributed by atoms with Crippen LogP contribution in [0.4, 0.5) is 0 Å². The third-order valence-electron chi connectivity index (χ3n) is 3.33. The third-order valence-corrected chi connectivity index (χ3v) is 5.28. The molecule has 0 bridgehead atoms. The average Bonchev–Trinajstić information content (AvgIpc) is 3.05. The fraction of sp³-hybridized carbons (Fsp3) is 0.333. The molecule has 3 heterocycles. The van der Waals surface area contributed by atoms with Gasteiger partial charge in [0.1, 0.15) is 5.01 Å². The lowest BCUT2D eigenvalue weighted by Gasteiger charge is -2.18. The minimum absolute atomic E-state index is 0.253.